The summed E-state index contributed by atoms with van der Waals surface area (Å²) in [6.45, 7) is 1.99. The van der Waals surface area contributed by atoms with Gasteiger partial charge in [-0.3, -0.25) is 4.79 Å². The van der Waals surface area contributed by atoms with E-state index >= 15 is 0 Å². The monoisotopic (exact) mass is 510 g/mol. The van der Waals surface area contributed by atoms with Crippen molar-refractivity contribution < 1.29 is 22.4 Å². The molecule has 3 aromatic rings. The van der Waals surface area contributed by atoms with Crippen molar-refractivity contribution in [2.45, 2.75) is 24.4 Å². The minimum Gasteiger partial charge on any atom is -0.351 e. The molecule has 0 aliphatic carbocycles. The molecule has 2 N–H and O–H groups in total. The summed E-state index contributed by atoms with van der Waals surface area (Å²) >= 11 is 0. The minimum absolute atomic E-state index is 0.0839. The molecule has 1 aliphatic heterocycles. The molecule has 1 saturated heterocycles. The number of sulfonamides is 1. The predicted molar refractivity (Wildman–Crippen MR) is 134 cm³/mol. The summed E-state index contributed by atoms with van der Waals surface area (Å²) in [5, 5.41) is 5.58. The Morgan fingerprint density at radius 2 is 1.61 bits per heavy atom. The van der Waals surface area contributed by atoms with Crippen molar-refractivity contribution in [2.24, 2.45) is 0 Å². The number of urea groups is 1. The Bertz CT molecular complexity index is 1320. The molecule has 10 heteroatoms. The molecule has 0 saturated carbocycles. The molecule has 0 spiro atoms. The van der Waals surface area contributed by atoms with Crippen molar-refractivity contribution in [1.29, 1.82) is 0 Å². The molecule has 0 radical (unpaired) electrons. The first-order valence-corrected chi connectivity index (χ1v) is 12.9. The lowest BCUT2D eigenvalue weighted by Gasteiger charge is -2.39. The van der Waals surface area contributed by atoms with Crippen molar-refractivity contribution in [3.05, 3.63) is 95.8 Å². The van der Waals surface area contributed by atoms with E-state index in [0.717, 1.165) is 27.6 Å². The number of nitrogens with zero attached hydrogens (tertiary/aromatic N) is 2. The van der Waals surface area contributed by atoms with Gasteiger partial charge in [-0.2, -0.15) is 4.31 Å². The lowest BCUT2D eigenvalue weighted by molar-refractivity contribution is -0.126. The second kappa shape index (κ2) is 10.9. The van der Waals surface area contributed by atoms with Gasteiger partial charge < -0.3 is 15.5 Å². The maximum absolute atomic E-state index is 13.4. The highest BCUT2D eigenvalue weighted by molar-refractivity contribution is 7.89. The normalized spacial score (nSPS) is 16.4. The van der Waals surface area contributed by atoms with Crippen molar-refractivity contribution in [1.82, 2.24) is 14.5 Å². The fourth-order valence-corrected chi connectivity index (χ4v) is 5.51. The van der Waals surface area contributed by atoms with Crippen molar-refractivity contribution in [3.63, 3.8) is 0 Å². The Hall–Kier alpha value is -3.76. The van der Waals surface area contributed by atoms with E-state index in [2.05, 4.69) is 10.6 Å². The fraction of sp³-hybridized carbons (Fsp3) is 0.231. The van der Waals surface area contributed by atoms with Crippen LogP contribution >= 0.6 is 0 Å². The van der Waals surface area contributed by atoms with Gasteiger partial charge in [0.15, 0.2) is 0 Å². The van der Waals surface area contributed by atoms with Gasteiger partial charge in [0.2, 0.25) is 15.9 Å². The Morgan fingerprint density at radius 1 is 0.944 bits per heavy atom. The van der Waals surface area contributed by atoms with Crippen LogP contribution in [0.1, 0.15) is 11.1 Å². The number of piperazine rings is 1. The Morgan fingerprint density at radius 3 is 2.28 bits per heavy atom. The Balaban J connectivity index is 1.55. The van der Waals surface area contributed by atoms with Crippen LogP contribution in [-0.4, -0.2) is 55.2 Å². The van der Waals surface area contributed by atoms with Gasteiger partial charge in [-0.1, -0.05) is 48.0 Å². The third-order valence-electron chi connectivity index (χ3n) is 5.95. The number of benzene rings is 3. The van der Waals surface area contributed by atoms with E-state index in [0.29, 0.717) is 5.69 Å². The number of carbonyl (C=O) groups is 2. The van der Waals surface area contributed by atoms with Gasteiger partial charge in [0, 0.05) is 31.9 Å². The molecule has 0 aromatic heterocycles. The van der Waals surface area contributed by atoms with Crippen molar-refractivity contribution >= 4 is 27.6 Å². The van der Waals surface area contributed by atoms with E-state index in [1.165, 1.54) is 17.0 Å². The fourth-order valence-electron chi connectivity index (χ4n) is 3.94. The highest BCUT2D eigenvalue weighted by Crippen LogP contribution is 2.23. The van der Waals surface area contributed by atoms with E-state index < -0.39 is 33.8 Å². The van der Waals surface area contributed by atoms with Crippen LogP contribution in [0.25, 0.3) is 0 Å². The van der Waals surface area contributed by atoms with Crippen molar-refractivity contribution in [2.75, 3.05) is 25.0 Å². The number of nitrogens with one attached hydrogen (secondary N) is 2. The number of rotatable bonds is 6. The summed E-state index contributed by atoms with van der Waals surface area (Å²) in [6.07, 6.45) is 0. The predicted octanol–water partition coefficient (Wildman–Crippen LogP) is 3.36. The number of amides is 3. The number of aryl methyl sites for hydroxylation is 1. The molecular weight excluding hydrogens is 483 g/mol. The van der Waals surface area contributed by atoms with Gasteiger partial charge >= 0.3 is 6.03 Å². The highest BCUT2D eigenvalue weighted by atomic mass is 32.2. The molecule has 36 heavy (non-hydrogen) atoms. The lowest BCUT2D eigenvalue weighted by Crippen LogP contribution is -2.61. The van der Waals surface area contributed by atoms with Gasteiger partial charge in [0.25, 0.3) is 0 Å². The number of anilines is 1. The maximum Gasteiger partial charge on any atom is 0.321 e. The number of hydrogen-bond acceptors (Lipinski definition) is 4. The second-order valence-corrected chi connectivity index (χ2v) is 10.4. The molecular formula is C26H27FN4O4S. The smallest absolute Gasteiger partial charge is 0.321 e. The molecule has 3 amide bonds. The first kappa shape index (κ1) is 25.3. The molecule has 1 unspecified atom stereocenters. The first-order valence-electron chi connectivity index (χ1n) is 11.5. The summed E-state index contributed by atoms with van der Waals surface area (Å²) in [6, 6.07) is 19.3. The zero-order valence-electron chi connectivity index (χ0n) is 19.7. The van der Waals surface area contributed by atoms with Crippen molar-refractivity contribution in [3.8, 4) is 0 Å². The van der Waals surface area contributed by atoms with E-state index in [1.807, 2.05) is 49.4 Å². The molecule has 1 heterocycles. The molecule has 8 nitrogen and oxygen atoms in total. The minimum atomic E-state index is -4.12. The van der Waals surface area contributed by atoms with Crippen LogP contribution in [-0.2, 0) is 21.4 Å². The van der Waals surface area contributed by atoms with Crippen LogP contribution in [0.4, 0.5) is 14.9 Å². The Kier molecular flexibility index (Phi) is 7.66. The molecule has 1 aliphatic rings. The van der Waals surface area contributed by atoms with Gasteiger partial charge in [0.1, 0.15) is 11.9 Å². The van der Waals surface area contributed by atoms with Crippen LogP contribution < -0.4 is 10.6 Å². The first-order chi connectivity index (χ1) is 17.2. The number of halogens is 1. The van der Waals surface area contributed by atoms with Gasteiger partial charge in [0.05, 0.1) is 4.90 Å². The number of hydrogen-bond donors (Lipinski definition) is 2. The summed E-state index contributed by atoms with van der Waals surface area (Å²) < 4.78 is 41.3. The van der Waals surface area contributed by atoms with Crippen LogP contribution in [0.5, 0.6) is 0 Å². The second-order valence-electron chi connectivity index (χ2n) is 8.53. The summed E-state index contributed by atoms with van der Waals surface area (Å²) in [5.41, 5.74) is 2.49. The van der Waals surface area contributed by atoms with Gasteiger partial charge in [-0.05, 0) is 48.9 Å². The van der Waals surface area contributed by atoms with Crippen LogP contribution in [0.15, 0.2) is 83.8 Å². The average molecular weight is 511 g/mol. The summed E-state index contributed by atoms with van der Waals surface area (Å²) in [4.78, 5) is 27.5. The van der Waals surface area contributed by atoms with E-state index in [-0.39, 0.29) is 31.1 Å². The van der Waals surface area contributed by atoms with Crippen LogP contribution in [0.2, 0.25) is 0 Å². The highest BCUT2D eigenvalue weighted by Gasteiger charge is 2.41. The largest absolute Gasteiger partial charge is 0.351 e. The lowest BCUT2D eigenvalue weighted by atomic mass is 10.1. The molecule has 0 bridgehead atoms. The molecule has 1 atom stereocenters. The molecule has 1 fully saturated rings. The molecule has 188 valence electrons. The van der Waals surface area contributed by atoms with Crippen LogP contribution in [0, 0.1) is 12.7 Å². The van der Waals surface area contributed by atoms with E-state index in [1.54, 1.807) is 12.1 Å². The topological polar surface area (TPSA) is 98.8 Å². The summed E-state index contributed by atoms with van der Waals surface area (Å²) in [7, 11) is -4.12. The SMILES string of the molecule is Cc1ccc(NC(=O)N2CCN(S(=O)(=O)c3ccc(F)cc3)C(C(=O)NCc3ccccc3)C2)cc1. The maximum atomic E-state index is 13.4. The number of carbonyl (C=O) groups excluding carboxylic acids is 2. The molecule has 4 rings (SSSR count). The zero-order chi connectivity index (χ0) is 25.7. The third kappa shape index (κ3) is 5.89. The standard InChI is InChI=1S/C26H27FN4O4S/c1-19-7-11-22(12-8-19)29-26(33)30-15-16-31(36(34,35)23-13-9-21(27)10-14-23)24(18-30)25(32)28-17-20-5-3-2-4-6-20/h2-14,24H,15-18H2,1H3,(H,28,32)(H,29,33). The van der Waals surface area contributed by atoms with Gasteiger partial charge in [-0.15, -0.1) is 0 Å². The molecule has 3 aromatic carbocycles. The average Bonchev–Trinajstić information content (AvgIpc) is 2.89. The van der Waals surface area contributed by atoms with E-state index in [9.17, 15) is 22.4 Å². The zero-order valence-corrected chi connectivity index (χ0v) is 20.5. The third-order valence-corrected chi connectivity index (χ3v) is 7.88. The summed E-state index contributed by atoms with van der Waals surface area (Å²) in [5.74, 6) is -1.10. The van der Waals surface area contributed by atoms with E-state index in [4.69, 9.17) is 0 Å². The van der Waals surface area contributed by atoms with Gasteiger partial charge in [-0.25, -0.2) is 17.6 Å². The Labute approximate surface area is 209 Å². The van der Waals surface area contributed by atoms with Crippen LogP contribution in [0.3, 0.4) is 0 Å². The quantitative estimate of drug-likeness (QED) is 0.531.